The van der Waals surface area contributed by atoms with E-state index in [0.717, 1.165) is 24.5 Å². The van der Waals surface area contributed by atoms with Gasteiger partial charge in [0.25, 0.3) is 0 Å². The number of hydrogen-bond acceptors (Lipinski definition) is 5. The summed E-state index contributed by atoms with van der Waals surface area (Å²) in [6.07, 6.45) is 2.38. The molecule has 0 aliphatic heterocycles. The molecule has 27 aromatic rings. The van der Waals surface area contributed by atoms with Crippen LogP contribution in [0.2, 0.25) is 0 Å². The quantitative estimate of drug-likeness (QED) is 0.137. The standard InChI is InChI=1S/C74H23N3O2/c1-8(2)5-11(72(78)79-4)77-71-10-6-73-67-59-51-41-31-23-15-13-14-17-21-19(15)27-35-29(21)39-33-25(17)26-18(14)22-20-16(13)24(23)32-38-28(20)36-30(22)40-34(26)44-43(33)53-47(39)57-49(35)55(45(51)37(27)31)61(67)65(57)69-63(53)64-54(44)48(40)58-50(36)56-46(38)52(42(32)41)60(59)68(73)62(56)66(58)70(64)74(69,73)7-12(10)75-9(3)76-71/h8,11,67,70H,5-7H2,1-4H3,(H,75,76,77)/t11-,67?,70?,73?,74?/m0/s1. The van der Waals surface area contributed by atoms with Gasteiger partial charge in [-0.05, 0) is 328 Å². The molecule has 1 aromatic heterocycles. The van der Waals surface area contributed by atoms with Crippen LogP contribution in [0, 0.1) is 12.8 Å². The van der Waals surface area contributed by atoms with E-state index >= 15 is 0 Å². The fraction of sp³-hybridized carbons (Fsp3) is 0.176. The molecule has 5 atom stereocenters. The number of methoxy groups -OCH3 is 1. The van der Waals surface area contributed by atoms with Crippen molar-refractivity contribution in [2.24, 2.45) is 5.92 Å². The molecule has 0 bridgehead atoms. The molecule has 346 valence electrons. The molecule has 0 saturated carbocycles. The Morgan fingerprint density at radius 1 is 0.418 bits per heavy atom. The van der Waals surface area contributed by atoms with E-state index < -0.39 is 6.04 Å². The van der Waals surface area contributed by atoms with Crippen LogP contribution in [-0.4, -0.2) is 29.1 Å². The third-order valence-electron chi connectivity index (χ3n) is 27.8. The maximum absolute atomic E-state index is 14.0. The van der Waals surface area contributed by atoms with Crippen LogP contribution in [0.25, 0.3) is 269 Å². The summed E-state index contributed by atoms with van der Waals surface area (Å²) in [7, 11) is 1.55. The van der Waals surface area contributed by atoms with Crippen molar-refractivity contribution in [3.05, 3.63) is 50.5 Å². The molecule has 2 spiro atoms. The first-order valence-electron chi connectivity index (χ1n) is 29.7. The highest BCUT2D eigenvalue weighted by molar-refractivity contribution is 6.80. The Hall–Kier alpha value is -8.93. The first-order valence-corrected chi connectivity index (χ1v) is 29.7. The second kappa shape index (κ2) is 7.61. The van der Waals surface area contributed by atoms with Crippen LogP contribution >= 0.6 is 0 Å². The van der Waals surface area contributed by atoms with Gasteiger partial charge >= 0.3 is 5.97 Å². The molecule has 1 heterocycles. The number of nitrogens with one attached hydrogen (secondary N) is 1. The highest BCUT2D eigenvalue weighted by Gasteiger charge is 2.76. The number of hydrogen-bond donors (Lipinski definition) is 1. The Labute approximate surface area is 435 Å². The Kier molecular flexibility index (Phi) is 3.09. The van der Waals surface area contributed by atoms with E-state index in [1.54, 1.807) is 310 Å². The summed E-state index contributed by atoms with van der Waals surface area (Å²) in [5.41, 5.74) is 12.1. The second-order valence-corrected chi connectivity index (χ2v) is 29.2. The van der Waals surface area contributed by atoms with Gasteiger partial charge in [0.1, 0.15) is 17.7 Å². The van der Waals surface area contributed by atoms with E-state index in [1.165, 1.54) is 11.3 Å². The van der Waals surface area contributed by atoms with Crippen LogP contribution in [0.3, 0.4) is 0 Å². The molecule has 1 N–H and O–H groups in total. The van der Waals surface area contributed by atoms with Gasteiger partial charge < -0.3 is 10.1 Å². The van der Waals surface area contributed by atoms with E-state index in [-0.39, 0.29) is 28.6 Å². The average Bonchev–Trinajstić information content (AvgIpc) is 1.54. The van der Waals surface area contributed by atoms with Crippen LogP contribution in [-0.2, 0) is 33.2 Å². The normalized spacial score (nSPS) is 23.9. The Morgan fingerprint density at radius 3 is 0.975 bits per heavy atom. The minimum absolute atomic E-state index is 0.171. The Balaban J connectivity index is 1.00. The van der Waals surface area contributed by atoms with Gasteiger partial charge in [0.2, 0.25) is 0 Å². The number of ether oxygens (including phenoxy) is 1. The number of benzene rings is 16. The number of rotatable bonds is 5. The molecule has 34 rings (SSSR count). The number of nitrogens with zero attached hydrogens (tertiary/aromatic N) is 2. The monoisotopic (exact) mass is 985 g/mol. The van der Waals surface area contributed by atoms with Crippen LogP contribution in [0.1, 0.15) is 82.6 Å². The molecule has 0 radical (unpaired) electrons. The van der Waals surface area contributed by atoms with E-state index in [4.69, 9.17) is 14.7 Å². The van der Waals surface area contributed by atoms with Gasteiger partial charge in [-0.2, -0.15) is 0 Å². The summed E-state index contributed by atoms with van der Waals surface area (Å²) < 4.78 is 5.63. The lowest BCUT2D eigenvalue weighted by Crippen LogP contribution is -2.61. The SMILES string of the molecule is COC(=O)[C@H](CC(C)C)Nc1nc(C)nc2c1CC13c4c5c6c7c8c9c%10c%11c(c%12c%13c%14c%15c%16c(c4c4c%17c5c7c5c7c8c8c9c9c%11c%11c%12c%14c%12c%14c%15c%15c%16c4c4c%17c5c5c7c7c8c8c9c%11c%12c9c%14c%11c%15c4c5c%11c7c89)C%131)C3(C2)C6%10. The molecule has 5 nitrogen and oxygen atoms in total. The Bertz CT molecular complexity index is 7810. The zero-order chi connectivity index (χ0) is 48.5. The molecule has 7 aliphatic rings. The fourth-order valence-corrected chi connectivity index (χ4v) is 27.6. The van der Waals surface area contributed by atoms with Crippen molar-refractivity contribution in [1.29, 1.82) is 0 Å². The van der Waals surface area contributed by atoms with Crippen molar-refractivity contribution in [2.75, 3.05) is 12.4 Å². The predicted molar refractivity (Wildman–Crippen MR) is 324 cm³/mol. The van der Waals surface area contributed by atoms with Gasteiger partial charge in [0.05, 0.1) is 12.8 Å². The predicted octanol–water partition coefficient (Wildman–Crippen LogP) is 17.8. The van der Waals surface area contributed by atoms with E-state index in [2.05, 4.69) is 26.1 Å². The van der Waals surface area contributed by atoms with E-state index in [9.17, 15) is 4.79 Å². The summed E-state index contributed by atoms with van der Waals surface area (Å²) in [5.74, 6) is 2.09. The first kappa shape index (κ1) is 32.1. The van der Waals surface area contributed by atoms with Gasteiger partial charge in [-0.15, -0.1) is 0 Å². The van der Waals surface area contributed by atoms with E-state index in [1.807, 2.05) is 0 Å². The molecule has 0 saturated heterocycles. The van der Waals surface area contributed by atoms with Crippen LogP contribution in [0.15, 0.2) is 0 Å². The van der Waals surface area contributed by atoms with Crippen LogP contribution in [0.5, 0.6) is 0 Å². The number of fused-ring (bicyclic) bond motifs is 1. The van der Waals surface area contributed by atoms with Gasteiger partial charge in [-0.3, -0.25) is 0 Å². The van der Waals surface area contributed by atoms with Crippen molar-refractivity contribution in [3.63, 3.8) is 0 Å². The molecule has 26 aromatic carbocycles. The van der Waals surface area contributed by atoms with Crippen molar-refractivity contribution < 1.29 is 9.53 Å². The number of carbonyl (C=O) groups excluding carboxylic acids is 1. The van der Waals surface area contributed by atoms with Crippen molar-refractivity contribution in [2.45, 2.75) is 68.7 Å². The molecule has 79 heavy (non-hydrogen) atoms. The minimum Gasteiger partial charge on any atom is -0.467 e. The first-order chi connectivity index (χ1) is 39.0. The fourth-order valence-electron chi connectivity index (χ4n) is 27.6. The highest BCUT2D eigenvalue weighted by Crippen LogP contribution is 2.88. The van der Waals surface area contributed by atoms with Crippen molar-refractivity contribution in [3.8, 4) is 0 Å². The van der Waals surface area contributed by atoms with Crippen LogP contribution < -0.4 is 5.32 Å². The van der Waals surface area contributed by atoms with E-state index in [0.29, 0.717) is 12.3 Å². The van der Waals surface area contributed by atoms with Gasteiger partial charge in [0, 0.05) is 34.7 Å². The molecule has 0 amide bonds. The second-order valence-electron chi connectivity index (χ2n) is 29.2. The number of aromatic nitrogens is 2. The zero-order valence-electron chi connectivity index (χ0n) is 42.1. The summed E-state index contributed by atoms with van der Waals surface area (Å²) in [4.78, 5) is 25.3. The molecular formula is C74H23N3O2. The maximum atomic E-state index is 14.0. The summed E-state index contributed by atoms with van der Waals surface area (Å²) >= 11 is 0. The molecule has 7 aliphatic carbocycles. The third-order valence-corrected chi connectivity index (χ3v) is 27.8. The lowest BCUT2D eigenvalue weighted by Gasteiger charge is -2.62. The number of aryl methyl sites for hydroxylation is 1. The zero-order valence-corrected chi connectivity index (χ0v) is 42.1. The van der Waals surface area contributed by atoms with Crippen molar-refractivity contribution in [1.82, 2.24) is 9.97 Å². The lowest BCUT2D eigenvalue weighted by atomic mass is 9.39. The molecule has 5 heteroatoms. The smallest absolute Gasteiger partial charge is 0.328 e. The summed E-state index contributed by atoms with van der Waals surface area (Å²) in [5, 5.41) is 86.0. The third kappa shape index (κ3) is 1.90. The largest absolute Gasteiger partial charge is 0.467 e. The highest BCUT2D eigenvalue weighted by atomic mass is 16.5. The summed E-state index contributed by atoms with van der Waals surface area (Å²) in [6.45, 7) is 6.54. The van der Waals surface area contributed by atoms with Crippen LogP contribution in [0.4, 0.5) is 5.82 Å². The van der Waals surface area contributed by atoms with Gasteiger partial charge in [0.15, 0.2) is 0 Å². The van der Waals surface area contributed by atoms with Gasteiger partial charge in [-0.1, -0.05) is 13.8 Å². The van der Waals surface area contributed by atoms with Crippen molar-refractivity contribution >= 4 is 281 Å². The number of carbonyl (C=O) groups is 1. The molecule has 0 fully saturated rings. The maximum Gasteiger partial charge on any atom is 0.328 e. The van der Waals surface area contributed by atoms with Gasteiger partial charge in [-0.25, -0.2) is 14.8 Å². The topological polar surface area (TPSA) is 64.1 Å². The summed E-state index contributed by atoms with van der Waals surface area (Å²) in [6, 6.07) is -0.512. The molecular weight excluding hydrogens is 963 g/mol. The average molecular weight is 986 g/mol. The lowest BCUT2D eigenvalue weighted by molar-refractivity contribution is -0.141. The minimum atomic E-state index is -0.512. The molecule has 4 unspecified atom stereocenters. The number of esters is 1. The number of anilines is 1. The Morgan fingerprint density at radius 2 is 0.684 bits per heavy atom.